The second-order valence-corrected chi connectivity index (χ2v) is 11.5. The molecule has 0 spiro atoms. The van der Waals surface area contributed by atoms with E-state index < -0.39 is 21.7 Å². The maximum atomic E-state index is 12.9. The van der Waals surface area contributed by atoms with Gasteiger partial charge in [0.15, 0.2) is 0 Å². The minimum Gasteiger partial charge on any atom is -0.469 e. The van der Waals surface area contributed by atoms with Crippen LogP contribution in [0.5, 0.6) is 0 Å². The summed E-state index contributed by atoms with van der Waals surface area (Å²) in [5.41, 5.74) is 2.25. The highest BCUT2D eigenvalue weighted by atomic mass is 32.2. The normalized spacial score (nSPS) is 15.6. The van der Waals surface area contributed by atoms with Gasteiger partial charge in [-0.3, -0.25) is 4.79 Å². The zero-order chi connectivity index (χ0) is 24.1. The third kappa shape index (κ3) is 10.4. The largest absolute Gasteiger partial charge is 0.469 e. The molecule has 0 aromatic heterocycles. The molecule has 4 atom stereocenters. The lowest BCUT2D eigenvalue weighted by molar-refractivity contribution is -0.149. The predicted octanol–water partition coefficient (Wildman–Crippen LogP) is 5.58. The smallest absolute Gasteiger partial charge is 0.310 e. The lowest BCUT2D eigenvalue weighted by Crippen LogP contribution is -2.48. The molecule has 6 heteroatoms. The highest BCUT2D eigenvalue weighted by Gasteiger charge is 2.36. The number of esters is 1. The Labute approximate surface area is 197 Å². The first-order valence-corrected chi connectivity index (χ1v) is 12.8. The molecule has 0 heterocycles. The molecule has 0 aliphatic rings. The van der Waals surface area contributed by atoms with E-state index in [1.807, 2.05) is 58.0 Å². The zero-order valence-electron chi connectivity index (χ0n) is 20.8. The van der Waals surface area contributed by atoms with E-state index in [-0.39, 0.29) is 17.9 Å². The van der Waals surface area contributed by atoms with E-state index >= 15 is 0 Å². The maximum Gasteiger partial charge on any atom is 0.310 e. The Kier molecular flexibility index (Phi) is 13.0. The van der Waals surface area contributed by atoms with E-state index in [4.69, 9.17) is 9.47 Å². The molecule has 0 fully saturated rings. The van der Waals surface area contributed by atoms with Crippen LogP contribution < -0.4 is 4.72 Å². The molecule has 1 aromatic carbocycles. The van der Waals surface area contributed by atoms with Gasteiger partial charge in [0.1, 0.15) is 0 Å². The molecule has 0 saturated heterocycles. The first-order valence-electron chi connectivity index (χ1n) is 11.6. The summed E-state index contributed by atoms with van der Waals surface area (Å²) in [4.78, 5) is 12.8. The van der Waals surface area contributed by atoms with Crippen molar-refractivity contribution in [2.75, 3.05) is 13.7 Å². The van der Waals surface area contributed by atoms with E-state index in [0.717, 1.165) is 36.8 Å². The first-order chi connectivity index (χ1) is 15.1. The van der Waals surface area contributed by atoms with Gasteiger partial charge in [0.2, 0.25) is 0 Å². The molecule has 1 aromatic rings. The number of carbonyl (C=O) groups is 1. The second kappa shape index (κ2) is 14.6. The van der Waals surface area contributed by atoms with Gasteiger partial charge in [0.05, 0.1) is 42.0 Å². The fourth-order valence-corrected chi connectivity index (χ4v) is 4.40. The van der Waals surface area contributed by atoms with Crippen molar-refractivity contribution in [3.8, 4) is 0 Å². The molecule has 32 heavy (non-hydrogen) atoms. The first kappa shape index (κ1) is 28.5. The number of carbonyl (C=O) groups excluding carboxylic acids is 1. The van der Waals surface area contributed by atoms with Crippen molar-refractivity contribution >= 4 is 17.0 Å². The monoisotopic (exact) mass is 465 g/mol. The highest BCUT2D eigenvalue weighted by molar-refractivity contribution is 7.84. The van der Waals surface area contributed by atoms with Gasteiger partial charge >= 0.3 is 5.97 Å². The summed E-state index contributed by atoms with van der Waals surface area (Å²) >= 11 is 0. The molecule has 1 N–H and O–H groups in total. The molecule has 0 aliphatic heterocycles. The summed E-state index contributed by atoms with van der Waals surface area (Å²) in [6, 6.07) is 9.66. The molecule has 0 aliphatic carbocycles. The van der Waals surface area contributed by atoms with E-state index in [2.05, 4.69) is 18.2 Å². The SMILES string of the molecule is C=C(CCCC)CC[C@H](N[S@@](=O)C(C)(C)C)[C@H](C(=O)OC)[C@H](C)COCc1ccccc1. The van der Waals surface area contributed by atoms with Crippen molar-refractivity contribution in [2.45, 2.75) is 84.1 Å². The Morgan fingerprint density at radius 3 is 2.41 bits per heavy atom. The molecular weight excluding hydrogens is 422 g/mol. The van der Waals surface area contributed by atoms with Gasteiger partial charge < -0.3 is 9.47 Å². The number of ether oxygens (including phenoxy) is 2. The average molecular weight is 466 g/mol. The van der Waals surface area contributed by atoms with Crippen LogP contribution in [-0.2, 0) is 31.9 Å². The molecule has 5 nitrogen and oxygen atoms in total. The molecule has 0 radical (unpaired) electrons. The summed E-state index contributed by atoms with van der Waals surface area (Å²) in [5.74, 6) is -0.881. The highest BCUT2D eigenvalue weighted by Crippen LogP contribution is 2.26. The Hall–Kier alpha value is -1.50. The van der Waals surface area contributed by atoms with E-state index in [1.54, 1.807) is 0 Å². The molecule has 0 bridgehead atoms. The lowest BCUT2D eigenvalue weighted by atomic mass is 9.85. The van der Waals surface area contributed by atoms with Crippen molar-refractivity contribution in [3.63, 3.8) is 0 Å². The number of hydrogen-bond acceptors (Lipinski definition) is 4. The summed E-state index contributed by atoms with van der Waals surface area (Å²) in [6.45, 7) is 15.0. The maximum absolute atomic E-state index is 12.9. The van der Waals surface area contributed by atoms with Gasteiger partial charge in [0.25, 0.3) is 0 Å². The van der Waals surface area contributed by atoms with Gasteiger partial charge in [-0.1, -0.05) is 62.8 Å². The number of nitrogens with one attached hydrogen (secondary N) is 1. The van der Waals surface area contributed by atoms with Crippen LogP contribution in [0.4, 0.5) is 0 Å². The fourth-order valence-electron chi connectivity index (χ4n) is 3.51. The van der Waals surface area contributed by atoms with Gasteiger partial charge in [0, 0.05) is 6.04 Å². The number of rotatable bonds is 15. The predicted molar refractivity (Wildman–Crippen MR) is 133 cm³/mol. The van der Waals surface area contributed by atoms with Gasteiger partial charge in [-0.25, -0.2) is 8.93 Å². The van der Waals surface area contributed by atoms with E-state index in [0.29, 0.717) is 19.6 Å². The number of methoxy groups -OCH3 is 1. The molecule has 0 unspecified atom stereocenters. The summed E-state index contributed by atoms with van der Waals surface area (Å²) in [7, 11) is 0.101. The van der Waals surface area contributed by atoms with Gasteiger partial charge in [-0.05, 0) is 57.9 Å². The Bertz CT molecular complexity index is 714. The Morgan fingerprint density at radius 2 is 1.84 bits per heavy atom. The minimum atomic E-state index is -1.31. The van der Waals surface area contributed by atoms with Crippen molar-refractivity contribution in [1.82, 2.24) is 4.72 Å². The van der Waals surface area contributed by atoms with Crippen LogP contribution in [-0.4, -0.2) is 34.7 Å². The van der Waals surface area contributed by atoms with Crippen molar-refractivity contribution in [3.05, 3.63) is 48.0 Å². The molecule has 182 valence electrons. The van der Waals surface area contributed by atoms with Crippen molar-refractivity contribution < 1.29 is 18.5 Å². The standard InChI is InChI=1S/C26H43NO4S/c1-8-9-13-20(2)16-17-23(27-32(29)26(4,5)6)24(25(28)30-7)21(3)18-31-19-22-14-11-10-12-15-22/h10-12,14-15,21,23-24,27H,2,8-9,13,16-19H2,1,3-7H3/t21-,23+,24-,32+/m1/s1. The molecule has 0 amide bonds. The van der Waals surface area contributed by atoms with E-state index in [9.17, 15) is 9.00 Å². The molecular formula is C26H43NO4S. The average Bonchev–Trinajstić information content (AvgIpc) is 2.75. The van der Waals surface area contributed by atoms with Gasteiger partial charge in [-0.15, -0.1) is 0 Å². The van der Waals surface area contributed by atoms with Crippen LogP contribution in [0.25, 0.3) is 0 Å². The summed E-state index contributed by atoms with van der Waals surface area (Å²) in [5, 5.41) is 0. The lowest BCUT2D eigenvalue weighted by Gasteiger charge is -2.32. The van der Waals surface area contributed by atoms with E-state index in [1.165, 1.54) is 7.11 Å². The van der Waals surface area contributed by atoms with Gasteiger partial charge in [-0.2, -0.15) is 0 Å². The molecule has 0 saturated carbocycles. The van der Waals surface area contributed by atoms with Crippen LogP contribution in [0.3, 0.4) is 0 Å². The zero-order valence-corrected chi connectivity index (χ0v) is 21.6. The van der Waals surface area contributed by atoms with Crippen LogP contribution in [0, 0.1) is 11.8 Å². The summed E-state index contributed by atoms with van der Waals surface area (Å²) in [6.07, 6.45) is 4.66. The minimum absolute atomic E-state index is 0.107. The van der Waals surface area contributed by atoms with Crippen LogP contribution in [0.2, 0.25) is 0 Å². The van der Waals surface area contributed by atoms with Crippen molar-refractivity contribution in [2.24, 2.45) is 11.8 Å². The Balaban J connectivity index is 2.94. The van der Waals surface area contributed by atoms with Crippen LogP contribution in [0.1, 0.15) is 72.3 Å². The third-order valence-electron chi connectivity index (χ3n) is 5.52. The molecule has 1 rings (SSSR count). The van der Waals surface area contributed by atoms with Crippen LogP contribution in [0.15, 0.2) is 42.5 Å². The number of unbranched alkanes of at least 4 members (excludes halogenated alkanes) is 1. The Morgan fingerprint density at radius 1 is 1.19 bits per heavy atom. The number of benzene rings is 1. The number of hydrogen-bond donors (Lipinski definition) is 1. The fraction of sp³-hybridized carbons (Fsp3) is 0.654. The topological polar surface area (TPSA) is 64.6 Å². The quantitative estimate of drug-likeness (QED) is 0.271. The number of allylic oxidation sites excluding steroid dienone is 1. The van der Waals surface area contributed by atoms with Crippen molar-refractivity contribution in [1.29, 1.82) is 0 Å². The summed E-state index contributed by atoms with van der Waals surface area (Å²) < 4.78 is 26.8. The van der Waals surface area contributed by atoms with Crippen LogP contribution >= 0.6 is 0 Å². The second-order valence-electron chi connectivity index (χ2n) is 9.52. The third-order valence-corrected chi connectivity index (χ3v) is 7.15.